The normalized spacial score (nSPS) is 11.3. The van der Waals surface area contributed by atoms with Crippen molar-refractivity contribution in [3.8, 4) is 22.8 Å². The number of hydrogen-bond donors (Lipinski definition) is 3. The van der Waals surface area contributed by atoms with Crippen molar-refractivity contribution in [2.45, 2.75) is 26.3 Å². The fraction of sp³-hybridized carbons (Fsp3) is 0.133. The number of aromatic amines is 1. The molecular weight excluding hydrogens is 476 g/mol. The highest BCUT2D eigenvalue weighted by Gasteiger charge is 2.15. The molecule has 0 atom stereocenters. The van der Waals surface area contributed by atoms with Crippen molar-refractivity contribution in [2.24, 2.45) is 0 Å². The second-order valence-corrected chi connectivity index (χ2v) is 9.21. The van der Waals surface area contributed by atoms with Gasteiger partial charge in [0.15, 0.2) is 12.7 Å². The molecule has 0 aliphatic carbocycles. The first-order valence-corrected chi connectivity index (χ1v) is 12.4. The molecule has 8 nitrogen and oxygen atoms in total. The Balaban J connectivity index is 1.29. The van der Waals surface area contributed by atoms with Gasteiger partial charge in [-0.15, -0.1) is 4.68 Å². The molecule has 0 spiro atoms. The summed E-state index contributed by atoms with van der Waals surface area (Å²) in [7, 11) is 0. The van der Waals surface area contributed by atoms with Crippen LogP contribution in [0.3, 0.4) is 0 Å². The first-order valence-electron chi connectivity index (χ1n) is 12.4. The molecule has 0 fully saturated rings. The molecule has 2 aromatic carbocycles. The van der Waals surface area contributed by atoms with Gasteiger partial charge in [0.05, 0.1) is 31.1 Å². The van der Waals surface area contributed by atoms with Crippen LogP contribution >= 0.6 is 0 Å². The zero-order valence-electron chi connectivity index (χ0n) is 20.7. The van der Waals surface area contributed by atoms with Crippen molar-refractivity contribution >= 4 is 10.8 Å². The maximum absolute atomic E-state index is 9.46. The second-order valence-electron chi connectivity index (χ2n) is 9.21. The van der Waals surface area contributed by atoms with Gasteiger partial charge in [-0.1, -0.05) is 36.4 Å². The maximum atomic E-state index is 9.46. The van der Waals surface area contributed by atoms with Gasteiger partial charge in [0, 0.05) is 30.2 Å². The molecule has 3 N–H and O–H groups in total. The minimum absolute atomic E-state index is 0.0156. The minimum atomic E-state index is -0.0269. The summed E-state index contributed by atoms with van der Waals surface area (Å²) in [5.41, 5.74) is 7.21. The Hall–Kier alpha value is -4.66. The molecule has 0 aliphatic heterocycles. The van der Waals surface area contributed by atoms with Crippen LogP contribution in [0, 0.1) is 0 Å². The number of aliphatic hydroxyl groups is 2. The van der Waals surface area contributed by atoms with Crippen LogP contribution < -0.4 is 4.68 Å². The number of aliphatic hydroxyl groups excluding tert-OH is 2. The van der Waals surface area contributed by atoms with Gasteiger partial charge in [-0.25, -0.2) is 0 Å². The topological polar surface area (TPSA) is 104 Å². The van der Waals surface area contributed by atoms with E-state index in [2.05, 4.69) is 51.5 Å². The molecule has 38 heavy (non-hydrogen) atoms. The molecule has 8 heteroatoms. The quantitative estimate of drug-likeness (QED) is 0.274. The monoisotopic (exact) mass is 503 g/mol. The number of nitrogens with one attached hydrogen (secondary N) is 1. The third-order valence-electron chi connectivity index (χ3n) is 6.63. The molecule has 0 amide bonds. The van der Waals surface area contributed by atoms with E-state index in [0.29, 0.717) is 13.1 Å². The van der Waals surface area contributed by atoms with E-state index in [1.54, 1.807) is 18.5 Å². The lowest BCUT2D eigenvalue weighted by Gasteiger charge is -2.10. The third-order valence-corrected chi connectivity index (χ3v) is 6.63. The largest absolute Gasteiger partial charge is 0.392 e. The lowest BCUT2D eigenvalue weighted by molar-refractivity contribution is -0.741. The molecular formula is C30H27N6O2+. The van der Waals surface area contributed by atoms with Crippen molar-refractivity contribution in [1.82, 2.24) is 24.8 Å². The molecule has 188 valence electrons. The summed E-state index contributed by atoms with van der Waals surface area (Å²) in [6.45, 7) is 1.24. The number of hydrogen-bond acceptors (Lipinski definition) is 5. The summed E-state index contributed by atoms with van der Waals surface area (Å²) in [6, 6.07) is 24.0. The Morgan fingerprint density at radius 2 is 1.47 bits per heavy atom. The van der Waals surface area contributed by atoms with Crippen LogP contribution in [0.4, 0.5) is 0 Å². The Morgan fingerprint density at radius 3 is 2.24 bits per heavy atom. The highest BCUT2D eigenvalue weighted by atomic mass is 16.3. The first kappa shape index (κ1) is 23.7. The summed E-state index contributed by atoms with van der Waals surface area (Å²) in [5, 5.41) is 29.5. The van der Waals surface area contributed by atoms with Gasteiger partial charge < -0.3 is 10.2 Å². The van der Waals surface area contributed by atoms with Crippen molar-refractivity contribution < 1.29 is 14.9 Å². The van der Waals surface area contributed by atoms with Crippen LogP contribution in [-0.4, -0.2) is 35.1 Å². The van der Waals surface area contributed by atoms with Gasteiger partial charge in [-0.05, 0) is 57.8 Å². The van der Waals surface area contributed by atoms with E-state index < -0.39 is 0 Å². The number of benzene rings is 2. The van der Waals surface area contributed by atoms with E-state index in [9.17, 15) is 10.2 Å². The summed E-state index contributed by atoms with van der Waals surface area (Å²) >= 11 is 0. The number of rotatable bonds is 8. The molecule has 4 heterocycles. The molecule has 0 radical (unpaired) electrons. The lowest BCUT2D eigenvalue weighted by Crippen LogP contribution is -2.35. The van der Waals surface area contributed by atoms with E-state index in [0.717, 1.165) is 33.9 Å². The van der Waals surface area contributed by atoms with Gasteiger partial charge in [-0.2, -0.15) is 10.2 Å². The SMILES string of the molecule is OCc1ccnc(-c2ccn(Cc3cccc4cccc(C[n+]5ccc(-c6cc(CO)ccn6)[nH]5)c34)n2)c1. The smallest absolute Gasteiger partial charge is 0.197 e. The molecule has 4 aromatic heterocycles. The number of fused-ring (bicyclic) bond motifs is 1. The second kappa shape index (κ2) is 10.4. The average Bonchev–Trinajstić information content (AvgIpc) is 3.63. The fourth-order valence-electron chi connectivity index (χ4n) is 4.77. The van der Waals surface area contributed by atoms with E-state index in [4.69, 9.17) is 5.10 Å². The summed E-state index contributed by atoms with van der Waals surface area (Å²) in [6.07, 6.45) is 7.38. The van der Waals surface area contributed by atoms with Gasteiger partial charge in [0.2, 0.25) is 0 Å². The molecule has 6 aromatic rings. The van der Waals surface area contributed by atoms with Gasteiger partial charge in [0.1, 0.15) is 11.4 Å². The highest BCUT2D eigenvalue weighted by Crippen LogP contribution is 2.25. The fourth-order valence-corrected chi connectivity index (χ4v) is 4.77. The Labute approximate surface area is 219 Å². The molecule has 0 saturated carbocycles. The zero-order chi connectivity index (χ0) is 25.9. The van der Waals surface area contributed by atoms with Crippen molar-refractivity contribution in [3.05, 3.63) is 120 Å². The van der Waals surface area contributed by atoms with Crippen LogP contribution in [-0.2, 0) is 26.3 Å². The van der Waals surface area contributed by atoms with E-state index in [1.165, 1.54) is 21.9 Å². The van der Waals surface area contributed by atoms with E-state index >= 15 is 0 Å². The van der Waals surface area contributed by atoms with E-state index in [-0.39, 0.29) is 13.2 Å². The summed E-state index contributed by atoms with van der Waals surface area (Å²) in [4.78, 5) is 8.85. The third kappa shape index (κ3) is 4.82. The van der Waals surface area contributed by atoms with Crippen LogP contribution in [0.1, 0.15) is 22.3 Å². The van der Waals surface area contributed by atoms with Crippen LogP contribution in [0.15, 0.2) is 97.6 Å². The zero-order valence-corrected chi connectivity index (χ0v) is 20.7. The van der Waals surface area contributed by atoms with E-state index in [1.807, 2.05) is 52.1 Å². The lowest BCUT2D eigenvalue weighted by atomic mass is 9.99. The van der Waals surface area contributed by atoms with Gasteiger partial charge in [0.25, 0.3) is 0 Å². The van der Waals surface area contributed by atoms with Gasteiger partial charge >= 0.3 is 0 Å². The van der Waals surface area contributed by atoms with Crippen molar-refractivity contribution in [3.63, 3.8) is 0 Å². The van der Waals surface area contributed by atoms with Crippen LogP contribution in [0.2, 0.25) is 0 Å². The van der Waals surface area contributed by atoms with Crippen molar-refractivity contribution in [2.75, 3.05) is 0 Å². The Kier molecular flexibility index (Phi) is 6.47. The number of nitrogens with zero attached hydrogens (tertiary/aromatic N) is 5. The summed E-state index contributed by atoms with van der Waals surface area (Å²) < 4.78 is 3.97. The Morgan fingerprint density at radius 1 is 0.763 bits per heavy atom. The van der Waals surface area contributed by atoms with Crippen LogP contribution in [0.5, 0.6) is 0 Å². The van der Waals surface area contributed by atoms with Gasteiger partial charge in [-0.3, -0.25) is 14.6 Å². The van der Waals surface area contributed by atoms with Crippen LogP contribution in [0.25, 0.3) is 33.5 Å². The van der Waals surface area contributed by atoms with Crippen molar-refractivity contribution in [1.29, 1.82) is 0 Å². The summed E-state index contributed by atoms with van der Waals surface area (Å²) in [5.74, 6) is 0. The highest BCUT2D eigenvalue weighted by molar-refractivity contribution is 5.88. The minimum Gasteiger partial charge on any atom is -0.392 e. The number of H-pyrrole nitrogens is 1. The standard InChI is InChI=1S/C30H26N6O2/c37-19-21-7-11-31-28(15-21)26-9-13-35(33-26)17-24-5-1-3-23-4-2-6-25(30(23)24)18-36-14-10-27(34-36)29-16-22(20-38)8-12-32-29/h1-16,37-38H,17-20H2/p+1. The predicted octanol–water partition coefficient (Wildman–Crippen LogP) is 3.86. The maximum Gasteiger partial charge on any atom is 0.197 e. The molecule has 6 rings (SSSR count). The predicted molar refractivity (Wildman–Crippen MR) is 144 cm³/mol. The molecule has 0 unspecified atom stereocenters. The number of aromatic nitrogens is 6. The number of pyridine rings is 2. The average molecular weight is 504 g/mol. The molecule has 0 saturated heterocycles. The Bertz CT molecular complexity index is 1600. The molecule has 0 bridgehead atoms. The molecule has 0 aliphatic rings. The first-order chi connectivity index (χ1) is 18.7.